The number of anilines is 1. The summed E-state index contributed by atoms with van der Waals surface area (Å²) in [6, 6.07) is 12.3. The van der Waals surface area contributed by atoms with Crippen molar-refractivity contribution in [2.75, 3.05) is 5.32 Å². The summed E-state index contributed by atoms with van der Waals surface area (Å²) >= 11 is 0. The van der Waals surface area contributed by atoms with Crippen molar-refractivity contribution in [1.29, 1.82) is 0 Å². The first-order valence-electron chi connectivity index (χ1n) is 8.74. The summed E-state index contributed by atoms with van der Waals surface area (Å²) < 4.78 is 0. The second-order valence-corrected chi connectivity index (χ2v) is 6.08. The van der Waals surface area contributed by atoms with E-state index in [4.69, 9.17) is 0 Å². The van der Waals surface area contributed by atoms with E-state index in [0.29, 0.717) is 22.3 Å². The van der Waals surface area contributed by atoms with Crippen LogP contribution in [0.4, 0.5) is 5.69 Å². The van der Waals surface area contributed by atoms with Crippen molar-refractivity contribution in [3.05, 3.63) is 65.0 Å². The van der Waals surface area contributed by atoms with Crippen molar-refractivity contribution in [2.24, 2.45) is 0 Å². The SMILES string of the molecule is CCc1nc2ccc(C(=O)Nc3ccccc3C(C)=O)cc2nc1CC. The number of nitrogens with zero attached hydrogens (tertiary/aromatic N) is 2. The number of benzene rings is 2. The number of amides is 1. The van der Waals surface area contributed by atoms with E-state index in [1.165, 1.54) is 6.92 Å². The standard InChI is InChI=1S/C21H21N3O2/c1-4-16-17(5-2)23-20-12-14(10-11-19(20)22-16)21(26)24-18-9-7-6-8-15(18)13(3)25/h6-12H,4-5H2,1-3H3,(H,24,26). The molecule has 0 unspecified atom stereocenters. The van der Waals surface area contributed by atoms with Crippen molar-refractivity contribution in [3.63, 3.8) is 0 Å². The monoisotopic (exact) mass is 347 g/mol. The van der Waals surface area contributed by atoms with Gasteiger partial charge in [0, 0.05) is 11.1 Å². The maximum absolute atomic E-state index is 12.6. The van der Waals surface area contributed by atoms with Crippen LogP contribution in [0.3, 0.4) is 0 Å². The lowest BCUT2D eigenvalue weighted by atomic mass is 10.1. The van der Waals surface area contributed by atoms with E-state index >= 15 is 0 Å². The summed E-state index contributed by atoms with van der Waals surface area (Å²) in [6.45, 7) is 5.59. The van der Waals surface area contributed by atoms with Crippen molar-refractivity contribution in [3.8, 4) is 0 Å². The van der Waals surface area contributed by atoms with E-state index in [1.807, 2.05) is 13.0 Å². The average molecular weight is 347 g/mol. The number of rotatable bonds is 5. The minimum atomic E-state index is -0.278. The molecule has 1 heterocycles. The van der Waals surface area contributed by atoms with Crippen molar-refractivity contribution in [2.45, 2.75) is 33.6 Å². The Morgan fingerprint density at radius 3 is 2.23 bits per heavy atom. The van der Waals surface area contributed by atoms with Crippen LogP contribution in [-0.2, 0) is 12.8 Å². The molecule has 0 bridgehead atoms. The number of carbonyl (C=O) groups excluding carboxylic acids is 2. The molecule has 5 heteroatoms. The number of Topliss-reactive ketones (excluding diaryl/α,β-unsaturated/α-hetero) is 1. The van der Waals surface area contributed by atoms with Gasteiger partial charge in [0.05, 0.1) is 28.1 Å². The Labute approximate surface area is 152 Å². The minimum absolute atomic E-state index is 0.0926. The molecule has 3 aromatic rings. The van der Waals surface area contributed by atoms with Crippen LogP contribution in [-0.4, -0.2) is 21.7 Å². The first-order valence-corrected chi connectivity index (χ1v) is 8.74. The molecule has 0 aliphatic carbocycles. The fourth-order valence-electron chi connectivity index (χ4n) is 2.93. The normalized spacial score (nSPS) is 10.7. The first-order chi connectivity index (χ1) is 12.5. The van der Waals surface area contributed by atoms with Gasteiger partial charge in [-0.05, 0) is 50.1 Å². The molecule has 0 spiro atoms. The second-order valence-electron chi connectivity index (χ2n) is 6.08. The first kappa shape index (κ1) is 17.7. The Morgan fingerprint density at radius 2 is 1.58 bits per heavy atom. The van der Waals surface area contributed by atoms with Crippen LogP contribution in [0.2, 0.25) is 0 Å². The number of aryl methyl sites for hydroxylation is 2. The Hall–Kier alpha value is -3.08. The molecule has 0 atom stereocenters. The molecule has 0 aliphatic rings. The molecule has 0 radical (unpaired) electrons. The Kier molecular flexibility index (Phi) is 5.07. The summed E-state index contributed by atoms with van der Waals surface area (Å²) in [5, 5.41) is 2.82. The third-order valence-corrected chi connectivity index (χ3v) is 4.31. The number of carbonyl (C=O) groups is 2. The summed E-state index contributed by atoms with van der Waals surface area (Å²) in [5.41, 5.74) is 4.91. The molecule has 2 aromatic carbocycles. The summed E-state index contributed by atoms with van der Waals surface area (Å²) in [6.07, 6.45) is 1.63. The van der Waals surface area contributed by atoms with Gasteiger partial charge in [-0.2, -0.15) is 0 Å². The zero-order chi connectivity index (χ0) is 18.7. The molecule has 3 rings (SSSR count). The van der Waals surface area contributed by atoms with Gasteiger partial charge < -0.3 is 5.32 Å². The highest BCUT2D eigenvalue weighted by Gasteiger charge is 2.13. The Balaban J connectivity index is 1.95. The number of fused-ring (bicyclic) bond motifs is 1. The summed E-state index contributed by atoms with van der Waals surface area (Å²) in [4.78, 5) is 33.7. The zero-order valence-electron chi connectivity index (χ0n) is 15.2. The van der Waals surface area contributed by atoms with Gasteiger partial charge in [0.2, 0.25) is 0 Å². The van der Waals surface area contributed by atoms with Crippen LogP contribution in [0.15, 0.2) is 42.5 Å². The molecule has 132 valence electrons. The predicted molar refractivity (Wildman–Crippen MR) is 103 cm³/mol. The molecular weight excluding hydrogens is 326 g/mol. The van der Waals surface area contributed by atoms with E-state index in [-0.39, 0.29) is 11.7 Å². The molecule has 1 N–H and O–H groups in total. The van der Waals surface area contributed by atoms with Crippen LogP contribution < -0.4 is 5.32 Å². The molecule has 26 heavy (non-hydrogen) atoms. The largest absolute Gasteiger partial charge is 0.321 e. The number of nitrogens with one attached hydrogen (secondary N) is 1. The lowest BCUT2D eigenvalue weighted by molar-refractivity contribution is 0.101. The van der Waals surface area contributed by atoms with Gasteiger partial charge in [0.25, 0.3) is 5.91 Å². The Morgan fingerprint density at radius 1 is 0.923 bits per heavy atom. The van der Waals surface area contributed by atoms with Gasteiger partial charge in [0.15, 0.2) is 5.78 Å². The molecule has 0 saturated heterocycles. The van der Waals surface area contributed by atoms with Crippen molar-refractivity contribution in [1.82, 2.24) is 9.97 Å². The van der Waals surface area contributed by atoms with Crippen LogP contribution in [0.25, 0.3) is 11.0 Å². The summed E-state index contributed by atoms with van der Waals surface area (Å²) in [7, 11) is 0. The number of hydrogen-bond donors (Lipinski definition) is 1. The van der Waals surface area contributed by atoms with Gasteiger partial charge >= 0.3 is 0 Å². The van der Waals surface area contributed by atoms with Gasteiger partial charge in [-0.1, -0.05) is 26.0 Å². The lowest BCUT2D eigenvalue weighted by Gasteiger charge is -2.10. The van der Waals surface area contributed by atoms with Gasteiger partial charge in [0.1, 0.15) is 0 Å². The molecule has 0 aliphatic heterocycles. The zero-order valence-corrected chi connectivity index (χ0v) is 15.2. The lowest BCUT2D eigenvalue weighted by Crippen LogP contribution is -2.14. The van der Waals surface area contributed by atoms with Crippen molar-refractivity contribution >= 4 is 28.4 Å². The average Bonchev–Trinajstić information content (AvgIpc) is 2.66. The van der Waals surface area contributed by atoms with Gasteiger partial charge in [-0.25, -0.2) is 9.97 Å². The topological polar surface area (TPSA) is 72.0 Å². The molecular formula is C21H21N3O2. The highest BCUT2D eigenvalue weighted by atomic mass is 16.1. The number of aromatic nitrogens is 2. The maximum Gasteiger partial charge on any atom is 0.255 e. The third kappa shape index (κ3) is 3.47. The molecule has 0 fully saturated rings. The Bertz CT molecular complexity index is 996. The van der Waals surface area contributed by atoms with Crippen molar-refractivity contribution < 1.29 is 9.59 Å². The number of hydrogen-bond acceptors (Lipinski definition) is 4. The van der Waals surface area contributed by atoms with E-state index in [1.54, 1.807) is 36.4 Å². The van der Waals surface area contributed by atoms with E-state index in [9.17, 15) is 9.59 Å². The van der Waals surface area contributed by atoms with Gasteiger partial charge in [-0.15, -0.1) is 0 Å². The smallest absolute Gasteiger partial charge is 0.255 e. The fraction of sp³-hybridized carbons (Fsp3) is 0.238. The number of para-hydroxylation sites is 1. The second kappa shape index (κ2) is 7.44. The van der Waals surface area contributed by atoms with Crippen LogP contribution in [0, 0.1) is 0 Å². The minimum Gasteiger partial charge on any atom is -0.321 e. The maximum atomic E-state index is 12.6. The van der Waals surface area contributed by atoms with Gasteiger partial charge in [-0.3, -0.25) is 9.59 Å². The third-order valence-electron chi connectivity index (χ3n) is 4.31. The van der Waals surface area contributed by atoms with Crippen LogP contribution in [0.5, 0.6) is 0 Å². The van der Waals surface area contributed by atoms with E-state index in [2.05, 4.69) is 22.2 Å². The molecule has 1 amide bonds. The van der Waals surface area contributed by atoms with Crippen LogP contribution in [0.1, 0.15) is 52.9 Å². The molecule has 5 nitrogen and oxygen atoms in total. The highest BCUT2D eigenvalue weighted by Crippen LogP contribution is 2.19. The number of ketones is 1. The fourth-order valence-corrected chi connectivity index (χ4v) is 2.93. The highest BCUT2D eigenvalue weighted by molar-refractivity contribution is 6.09. The predicted octanol–water partition coefficient (Wildman–Crippen LogP) is 4.21. The van der Waals surface area contributed by atoms with E-state index < -0.39 is 0 Å². The van der Waals surface area contributed by atoms with Crippen LogP contribution >= 0.6 is 0 Å². The molecule has 1 aromatic heterocycles. The summed E-state index contributed by atoms with van der Waals surface area (Å²) in [5.74, 6) is -0.370. The van der Waals surface area contributed by atoms with E-state index in [0.717, 1.165) is 29.7 Å². The molecule has 0 saturated carbocycles. The quantitative estimate of drug-likeness (QED) is 0.702.